The topological polar surface area (TPSA) is 0 Å². The van der Waals surface area contributed by atoms with Crippen molar-refractivity contribution < 1.29 is 0 Å². The zero-order valence-electron chi connectivity index (χ0n) is 15.4. The Kier molecular flexibility index (Phi) is 3.30. The Balaban J connectivity index is 1.89. The Morgan fingerprint density at radius 2 is 0.885 bits per heavy atom. The molecule has 0 amide bonds. The molecule has 0 aromatic heterocycles. The van der Waals surface area contributed by atoms with Gasteiger partial charge in [-0.05, 0) is 68.8 Å². The van der Waals surface area contributed by atoms with Crippen LogP contribution in [0, 0.1) is 0 Å². The molecular formula is C24H20Br2. The van der Waals surface area contributed by atoms with Crippen molar-refractivity contribution in [3.05, 3.63) is 79.7 Å². The minimum Gasteiger partial charge on any atom is -0.0534 e. The van der Waals surface area contributed by atoms with Crippen LogP contribution in [0.2, 0.25) is 0 Å². The number of hydrogen-bond donors (Lipinski definition) is 0. The maximum absolute atomic E-state index is 3.67. The average Bonchev–Trinajstić information content (AvgIpc) is 2.94. The molecule has 2 aliphatic rings. The molecule has 0 saturated carbocycles. The molecule has 0 bridgehead atoms. The van der Waals surface area contributed by atoms with E-state index in [9.17, 15) is 0 Å². The third kappa shape index (κ3) is 1.95. The molecule has 130 valence electrons. The molecule has 2 aliphatic carbocycles. The number of fused-ring (bicyclic) bond motifs is 7. The zero-order valence-corrected chi connectivity index (χ0v) is 18.5. The second kappa shape index (κ2) is 5.11. The first kappa shape index (κ1) is 16.8. The van der Waals surface area contributed by atoms with Crippen LogP contribution >= 0.6 is 31.9 Å². The van der Waals surface area contributed by atoms with Crippen LogP contribution < -0.4 is 0 Å². The second-order valence-corrected chi connectivity index (χ2v) is 10.4. The summed E-state index contributed by atoms with van der Waals surface area (Å²) in [7, 11) is 0. The van der Waals surface area contributed by atoms with Crippen LogP contribution in [-0.4, -0.2) is 0 Å². The fourth-order valence-electron chi connectivity index (χ4n) is 5.16. The highest BCUT2D eigenvalue weighted by Gasteiger charge is 2.45. The van der Waals surface area contributed by atoms with Crippen molar-refractivity contribution in [2.75, 3.05) is 0 Å². The van der Waals surface area contributed by atoms with Crippen LogP contribution in [0.1, 0.15) is 49.9 Å². The van der Waals surface area contributed by atoms with Crippen molar-refractivity contribution in [2.45, 2.75) is 38.5 Å². The standard InChI is InChI=1S/C24H20Br2/c1-23(2)19-11-13(25)5-7-15(19)17-9-10-18-16-8-6-14(26)12-20(16)24(3,4)22(18)21(17)23/h5-12H,1-4H3. The summed E-state index contributed by atoms with van der Waals surface area (Å²) in [5.41, 5.74) is 11.4. The molecule has 26 heavy (non-hydrogen) atoms. The Morgan fingerprint density at radius 1 is 0.538 bits per heavy atom. The quantitative estimate of drug-likeness (QED) is 0.316. The summed E-state index contributed by atoms with van der Waals surface area (Å²) >= 11 is 7.34. The van der Waals surface area contributed by atoms with Gasteiger partial charge in [0.25, 0.3) is 0 Å². The summed E-state index contributed by atoms with van der Waals surface area (Å²) < 4.78 is 2.31. The molecule has 0 atom stereocenters. The summed E-state index contributed by atoms with van der Waals surface area (Å²) in [6.45, 7) is 9.50. The lowest BCUT2D eigenvalue weighted by molar-refractivity contribution is 0.601. The van der Waals surface area contributed by atoms with Gasteiger partial charge in [0.1, 0.15) is 0 Å². The lowest BCUT2D eigenvalue weighted by Gasteiger charge is -2.30. The van der Waals surface area contributed by atoms with E-state index in [1.807, 2.05) is 0 Å². The minimum absolute atomic E-state index is 0.00364. The predicted molar refractivity (Wildman–Crippen MR) is 117 cm³/mol. The van der Waals surface area contributed by atoms with Crippen LogP contribution in [0.4, 0.5) is 0 Å². The first-order valence-electron chi connectivity index (χ1n) is 9.01. The highest BCUT2D eigenvalue weighted by molar-refractivity contribution is 9.10. The normalized spacial score (nSPS) is 17.5. The van der Waals surface area contributed by atoms with Crippen LogP contribution in [0.25, 0.3) is 22.3 Å². The maximum Gasteiger partial charge on any atom is 0.0178 e. The van der Waals surface area contributed by atoms with E-state index in [2.05, 4.69) is 108 Å². The van der Waals surface area contributed by atoms with Crippen LogP contribution in [-0.2, 0) is 10.8 Å². The largest absolute Gasteiger partial charge is 0.0534 e. The summed E-state index contributed by atoms with van der Waals surface area (Å²) in [6, 6.07) is 18.1. The molecule has 5 rings (SSSR count). The predicted octanol–water partition coefficient (Wildman–Crippen LogP) is 7.82. The molecule has 0 nitrogen and oxygen atoms in total. The van der Waals surface area contributed by atoms with E-state index in [0.29, 0.717) is 0 Å². The molecule has 0 heterocycles. The van der Waals surface area contributed by atoms with Crippen LogP contribution in [0.15, 0.2) is 57.5 Å². The Hall–Kier alpha value is -1.38. The van der Waals surface area contributed by atoms with Gasteiger partial charge in [-0.1, -0.05) is 83.8 Å². The van der Waals surface area contributed by atoms with E-state index in [1.165, 1.54) is 44.5 Å². The maximum atomic E-state index is 3.67. The van der Waals surface area contributed by atoms with Crippen LogP contribution in [0.3, 0.4) is 0 Å². The average molecular weight is 468 g/mol. The van der Waals surface area contributed by atoms with Gasteiger partial charge in [-0.2, -0.15) is 0 Å². The minimum atomic E-state index is -0.00364. The lowest BCUT2D eigenvalue weighted by Crippen LogP contribution is -2.24. The van der Waals surface area contributed by atoms with Crippen molar-refractivity contribution in [3.63, 3.8) is 0 Å². The molecule has 0 fully saturated rings. The van der Waals surface area contributed by atoms with Gasteiger partial charge in [0, 0.05) is 19.8 Å². The third-order valence-corrected chi connectivity index (χ3v) is 7.33. The monoisotopic (exact) mass is 466 g/mol. The smallest absolute Gasteiger partial charge is 0.0178 e. The molecule has 0 unspecified atom stereocenters. The molecule has 0 aliphatic heterocycles. The number of benzene rings is 3. The van der Waals surface area contributed by atoms with E-state index in [4.69, 9.17) is 0 Å². The molecular weight excluding hydrogens is 448 g/mol. The van der Waals surface area contributed by atoms with Gasteiger partial charge in [-0.3, -0.25) is 0 Å². The molecule has 0 saturated heterocycles. The molecule has 2 heteroatoms. The Bertz CT molecular complexity index is 1010. The lowest BCUT2D eigenvalue weighted by atomic mass is 9.72. The third-order valence-electron chi connectivity index (χ3n) is 6.35. The van der Waals surface area contributed by atoms with E-state index in [-0.39, 0.29) is 10.8 Å². The molecule has 0 N–H and O–H groups in total. The van der Waals surface area contributed by atoms with Gasteiger partial charge in [-0.15, -0.1) is 0 Å². The molecule has 3 aromatic carbocycles. The summed E-state index contributed by atoms with van der Waals surface area (Å²) in [5.74, 6) is 0. The van der Waals surface area contributed by atoms with Gasteiger partial charge >= 0.3 is 0 Å². The van der Waals surface area contributed by atoms with Crippen molar-refractivity contribution >= 4 is 31.9 Å². The first-order chi connectivity index (χ1) is 12.2. The Morgan fingerprint density at radius 3 is 1.27 bits per heavy atom. The highest BCUT2D eigenvalue weighted by Crippen LogP contribution is 2.59. The van der Waals surface area contributed by atoms with Gasteiger partial charge in [0.05, 0.1) is 0 Å². The molecule has 0 radical (unpaired) electrons. The highest BCUT2D eigenvalue weighted by atomic mass is 79.9. The second-order valence-electron chi connectivity index (χ2n) is 8.54. The van der Waals surface area contributed by atoms with E-state index in [0.717, 1.165) is 8.95 Å². The van der Waals surface area contributed by atoms with E-state index in [1.54, 1.807) is 0 Å². The fourth-order valence-corrected chi connectivity index (χ4v) is 5.88. The zero-order chi connectivity index (χ0) is 18.4. The van der Waals surface area contributed by atoms with Crippen LogP contribution in [0.5, 0.6) is 0 Å². The molecule has 3 aromatic rings. The van der Waals surface area contributed by atoms with Gasteiger partial charge in [-0.25, -0.2) is 0 Å². The SMILES string of the molecule is CC1(C)c2cc(Br)ccc2-c2ccc3c(c21)C(C)(C)c1cc(Br)ccc1-3. The summed E-state index contributed by atoms with van der Waals surface area (Å²) in [5, 5.41) is 0. The van der Waals surface area contributed by atoms with E-state index >= 15 is 0 Å². The number of hydrogen-bond acceptors (Lipinski definition) is 0. The summed E-state index contributed by atoms with van der Waals surface area (Å²) in [6.07, 6.45) is 0. The van der Waals surface area contributed by atoms with Crippen molar-refractivity contribution in [2.24, 2.45) is 0 Å². The van der Waals surface area contributed by atoms with Gasteiger partial charge in [0.2, 0.25) is 0 Å². The van der Waals surface area contributed by atoms with Crippen molar-refractivity contribution in [1.82, 2.24) is 0 Å². The Labute approximate surface area is 171 Å². The van der Waals surface area contributed by atoms with Gasteiger partial charge < -0.3 is 0 Å². The first-order valence-corrected chi connectivity index (χ1v) is 10.6. The number of rotatable bonds is 0. The summed E-state index contributed by atoms with van der Waals surface area (Å²) in [4.78, 5) is 0. The van der Waals surface area contributed by atoms with E-state index < -0.39 is 0 Å². The van der Waals surface area contributed by atoms with Gasteiger partial charge in [0.15, 0.2) is 0 Å². The van der Waals surface area contributed by atoms with Crippen molar-refractivity contribution in [1.29, 1.82) is 0 Å². The van der Waals surface area contributed by atoms with Crippen molar-refractivity contribution in [3.8, 4) is 22.3 Å². The molecule has 0 spiro atoms. The fraction of sp³-hybridized carbons (Fsp3) is 0.250. The number of halogens is 2.